The Morgan fingerprint density at radius 3 is 2.17 bits per heavy atom. The van der Waals surface area contributed by atoms with Crippen molar-refractivity contribution in [2.45, 2.75) is 58.0 Å². The van der Waals surface area contributed by atoms with Crippen molar-refractivity contribution in [3.63, 3.8) is 0 Å². The summed E-state index contributed by atoms with van der Waals surface area (Å²) < 4.78 is 0. The number of hydrogen-bond donors (Lipinski definition) is 0. The van der Waals surface area contributed by atoms with Crippen molar-refractivity contribution in [2.75, 3.05) is 0 Å². The summed E-state index contributed by atoms with van der Waals surface area (Å²) in [6, 6.07) is 0. The maximum atomic E-state index is 2.34. The van der Waals surface area contributed by atoms with Crippen LogP contribution in [0.25, 0.3) is 0 Å². The fourth-order valence-electron chi connectivity index (χ4n) is 3.50. The minimum atomic E-state index is 1.11. The van der Waals surface area contributed by atoms with Gasteiger partial charge in [-0.15, -0.1) is 0 Å². The van der Waals surface area contributed by atoms with Gasteiger partial charge in [-0.2, -0.15) is 0 Å². The quantitative estimate of drug-likeness (QED) is 0.545. The lowest BCUT2D eigenvalue weighted by Crippen LogP contribution is -2.11. The first kappa shape index (κ1) is 8.65. The second-order valence-corrected chi connectivity index (χ2v) is 4.93. The van der Waals surface area contributed by atoms with E-state index >= 15 is 0 Å². The molecule has 0 aromatic rings. The SMILES string of the molecule is CCCB1CC2CCCCC2C1. The summed E-state index contributed by atoms with van der Waals surface area (Å²) in [5, 5.41) is 0. The van der Waals surface area contributed by atoms with E-state index in [1.54, 1.807) is 25.5 Å². The van der Waals surface area contributed by atoms with E-state index in [1.807, 2.05) is 0 Å². The smallest absolute Gasteiger partial charge is 0.0744 e. The van der Waals surface area contributed by atoms with Crippen molar-refractivity contribution >= 4 is 6.71 Å². The van der Waals surface area contributed by atoms with Gasteiger partial charge >= 0.3 is 0 Å². The number of rotatable bonds is 2. The summed E-state index contributed by atoms with van der Waals surface area (Å²) in [4.78, 5) is 0. The largest absolute Gasteiger partial charge is 0.140 e. The van der Waals surface area contributed by atoms with Crippen molar-refractivity contribution in [3.8, 4) is 0 Å². The van der Waals surface area contributed by atoms with E-state index in [1.165, 1.54) is 25.6 Å². The average Bonchev–Trinajstić information content (AvgIpc) is 2.47. The van der Waals surface area contributed by atoms with E-state index in [9.17, 15) is 0 Å². The van der Waals surface area contributed by atoms with Crippen molar-refractivity contribution in [2.24, 2.45) is 11.8 Å². The van der Waals surface area contributed by atoms with E-state index in [2.05, 4.69) is 6.92 Å². The second-order valence-electron chi connectivity index (χ2n) is 4.93. The highest BCUT2D eigenvalue weighted by Crippen LogP contribution is 2.44. The third-order valence-corrected chi connectivity index (χ3v) is 4.04. The molecule has 0 N–H and O–H groups in total. The molecule has 1 saturated carbocycles. The average molecular weight is 164 g/mol. The van der Waals surface area contributed by atoms with Crippen LogP contribution in [0, 0.1) is 11.8 Å². The third kappa shape index (κ3) is 1.70. The van der Waals surface area contributed by atoms with Gasteiger partial charge in [-0.3, -0.25) is 0 Å². The van der Waals surface area contributed by atoms with E-state index in [-0.39, 0.29) is 0 Å². The van der Waals surface area contributed by atoms with Crippen LogP contribution >= 0.6 is 0 Å². The predicted molar refractivity (Wildman–Crippen MR) is 55.9 cm³/mol. The van der Waals surface area contributed by atoms with Gasteiger partial charge in [-0.1, -0.05) is 58.0 Å². The lowest BCUT2D eigenvalue weighted by Gasteiger charge is -2.24. The zero-order valence-corrected chi connectivity index (χ0v) is 8.39. The molecule has 1 saturated heterocycles. The summed E-state index contributed by atoms with van der Waals surface area (Å²) in [6.07, 6.45) is 12.3. The van der Waals surface area contributed by atoms with Gasteiger partial charge in [0.2, 0.25) is 0 Å². The van der Waals surface area contributed by atoms with Crippen molar-refractivity contribution in [1.82, 2.24) is 0 Å². The minimum Gasteiger partial charge on any atom is -0.0744 e. The van der Waals surface area contributed by atoms with Crippen LogP contribution in [-0.2, 0) is 0 Å². The Hall–Kier alpha value is 0.0649. The highest BCUT2D eigenvalue weighted by molar-refractivity contribution is 6.59. The lowest BCUT2D eigenvalue weighted by molar-refractivity contribution is 0.294. The highest BCUT2D eigenvalue weighted by Gasteiger charge is 2.36. The van der Waals surface area contributed by atoms with Crippen LogP contribution in [0.3, 0.4) is 0 Å². The van der Waals surface area contributed by atoms with Gasteiger partial charge in [0.15, 0.2) is 0 Å². The van der Waals surface area contributed by atoms with Gasteiger partial charge in [-0.25, -0.2) is 0 Å². The topological polar surface area (TPSA) is 0 Å². The Balaban J connectivity index is 1.85. The molecule has 2 rings (SSSR count). The molecule has 0 aromatic carbocycles. The summed E-state index contributed by atoms with van der Waals surface area (Å²) >= 11 is 0. The molecule has 2 atom stereocenters. The van der Waals surface area contributed by atoms with Crippen LogP contribution in [0.4, 0.5) is 0 Å². The summed E-state index contributed by atoms with van der Waals surface area (Å²) in [5.74, 6) is 2.30. The van der Waals surface area contributed by atoms with Gasteiger partial charge in [-0.05, 0) is 11.8 Å². The van der Waals surface area contributed by atoms with E-state index < -0.39 is 0 Å². The number of fused-ring (bicyclic) bond motifs is 1. The molecule has 0 amide bonds. The van der Waals surface area contributed by atoms with Gasteiger partial charge in [0.25, 0.3) is 0 Å². The molecular weight excluding hydrogens is 143 g/mol. The molecule has 0 radical (unpaired) electrons. The molecule has 1 aliphatic carbocycles. The monoisotopic (exact) mass is 164 g/mol. The van der Waals surface area contributed by atoms with Gasteiger partial charge in [0, 0.05) is 0 Å². The maximum Gasteiger partial charge on any atom is 0.140 e. The second kappa shape index (κ2) is 3.85. The Morgan fingerprint density at radius 1 is 1.08 bits per heavy atom. The molecule has 0 spiro atoms. The molecule has 2 unspecified atom stereocenters. The van der Waals surface area contributed by atoms with Gasteiger partial charge in [0.05, 0.1) is 0 Å². The number of hydrogen-bond acceptors (Lipinski definition) is 0. The van der Waals surface area contributed by atoms with Crippen LogP contribution in [0.1, 0.15) is 39.0 Å². The third-order valence-electron chi connectivity index (χ3n) is 4.04. The molecule has 1 aliphatic heterocycles. The summed E-state index contributed by atoms with van der Waals surface area (Å²) in [5.41, 5.74) is 0. The normalized spacial score (nSPS) is 35.2. The van der Waals surface area contributed by atoms with E-state index in [4.69, 9.17) is 0 Å². The Labute approximate surface area is 77.2 Å². The predicted octanol–water partition coefficient (Wildman–Crippen LogP) is 3.71. The molecule has 0 nitrogen and oxygen atoms in total. The van der Waals surface area contributed by atoms with Crippen LogP contribution < -0.4 is 0 Å². The van der Waals surface area contributed by atoms with Crippen LogP contribution in [0.15, 0.2) is 0 Å². The standard InChI is InChI=1S/C11H21B/c1-2-7-12-8-10-5-3-4-6-11(10)9-12/h10-11H,2-9H2,1H3. The molecule has 68 valence electrons. The summed E-state index contributed by atoms with van der Waals surface area (Å²) in [6.45, 7) is 3.45. The van der Waals surface area contributed by atoms with Gasteiger partial charge < -0.3 is 0 Å². The summed E-state index contributed by atoms with van der Waals surface area (Å²) in [7, 11) is 0. The van der Waals surface area contributed by atoms with Crippen LogP contribution in [-0.4, -0.2) is 6.71 Å². The fourth-order valence-corrected chi connectivity index (χ4v) is 3.50. The fraction of sp³-hybridized carbons (Fsp3) is 1.00. The molecule has 1 heteroatoms. The molecule has 12 heavy (non-hydrogen) atoms. The molecule has 1 heterocycles. The van der Waals surface area contributed by atoms with E-state index in [0.717, 1.165) is 18.5 Å². The van der Waals surface area contributed by atoms with E-state index in [0.29, 0.717) is 0 Å². The Bertz CT molecular complexity index is 130. The Kier molecular flexibility index (Phi) is 2.78. The zero-order chi connectivity index (χ0) is 8.39. The van der Waals surface area contributed by atoms with Crippen LogP contribution in [0.5, 0.6) is 0 Å². The maximum absolute atomic E-state index is 2.34. The van der Waals surface area contributed by atoms with Crippen molar-refractivity contribution in [3.05, 3.63) is 0 Å². The molecule has 2 fully saturated rings. The first-order valence-corrected chi connectivity index (χ1v) is 5.90. The zero-order valence-electron chi connectivity index (χ0n) is 8.39. The van der Waals surface area contributed by atoms with Crippen LogP contribution in [0.2, 0.25) is 19.0 Å². The minimum absolute atomic E-state index is 1.11. The first-order chi connectivity index (χ1) is 5.90. The van der Waals surface area contributed by atoms with Gasteiger partial charge in [0.1, 0.15) is 6.71 Å². The van der Waals surface area contributed by atoms with Crippen molar-refractivity contribution in [1.29, 1.82) is 0 Å². The Morgan fingerprint density at radius 2 is 1.67 bits per heavy atom. The lowest BCUT2D eigenvalue weighted by atomic mass is 9.45. The highest BCUT2D eigenvalue weighted by atomic mass is 14.3. The molecule has 0 aromatic heterocycles. The van der Waals surface area contributed by atoms with Crippen molar-refractivity contribution < 1.29 is 0 Å². The molecule has 2 aliphatic rings. The molecular formula is C11H21B. The first-order valence-electron chi connectivity index (χ1n) is 5.90. The molecule has 0 bridgehead atoms.